The highest BCUT2D eigenvalue weighted by molar-refractivity contribution is 5.38. The van der Waals surface area contributed by atoms with Gasteiger partial charge in [0.2, 0.25) is 17.7 Å². The molecule has 0 bridgehead atoms. The van der Waals surface area contributed by atoms with Crippen LogP contribution in [0.4, 0.5) is 5.95 Å². The number of aromatic nitrogens is 2. The molecule has 2 fully saturated rings. The quantitative estimate of drug-likeness (QED) is 0.891. The molecule has 110 valence electrons. The number of rotatable bonds is 3. The first-order valence-electron chi connectivity index (χ1n) is 7.17. The fourth-order valence-corrected chi connectivity index (χ4v) is 3.37. The molecule has 1 aliphatic heterocycles. The van der Waals surface area contributed by atoms with Crippen LogP contribution in [0.3, 0.4) is 0 Å². The number of nitrogens with zero attached hydrogens (tertiary/aromatic N) is 3. The number of methoxy groups -OCH3 is 2. The molecule has 3 rings (SSSR count). The van der Waals surface area contributed by atoms with Gasteiger partial charge in [-0.05, 0) is 31.1 Å². The van der Waals surface area contributed by atoms with Gasteiger partial charge < -0.3 is 20.1 Å². The summed E-state index contributed by atoms with van der Waals surface area (Å²) in [6, 6.07) is 2.06. The second-order valence-electron chi connectivity index (χ2n) is 5.75. The van der Waals surface area contributed by atoms with E-state index in [1.807, 2.05) is 0 Å². The highest BCUT2D eigenvalue weighted by Gasteiger charge is 2.37. The van der Waals surface area contributed by atoms with Crippen LogP contribution in [0.5, 0.6) is 11.8 Å². The molecule has 3 atom stereocenters. The molecular formula is C14H22N4O2. The molecule has 1 aliphatic carbocycles. The van der Waals surface area contributed by atoms with E-state index in [1.54, 1.807) is 20.3 Å². The Bertz CT molecular complexity index is 460. The van der Waals surface area contributed by atoms with E-state index in [9.17, 15) is 0 Å². The van der Waals surface area contributed by atoms with Crippen LogP contribution in [0, 0.1) is 11.8 Å². The smallest absolute Gasteiger partial charge is 0.231 e. The van der Waals surface area contributed by atoms with Crippen LogP contribution in [0.15, 0.2) is 6.07 Å². The molecule has 20 heavy (non-hydrogen) atoms. The Balaban J connectivity index is 1.80. The Morgan fingerprint density at radius 3 is 2.40 bits per heavy atom. The summed E-state index contributed by atoms with van der Waals surface area (Å²) in [4.78, 5) is 11.1. The number of fused-ring (bicyclic) bond motifs is 1. The number of nitrogens with two attached hydrogens (primary N) is 1. The molecular weight excluding hydrogens is 256 g/mol. The molecule has 1 aromatic rings. The highest BCUT2D eigenvalue weighted by Crippen LogP contribution is 2.37. The molecule has 2 N–H and O–H groups in total. The zero-order valence-electron chi connectivity index (χ0n) is 12.1. The van der Waals surface area contributed by atoms with Crippen molar-refractivity contribution in [2.45, 2.75) is 25.3 Å². The molecule has 6 heteroatoms. The van der Waals surface area contributed by atoms with Gasteiger partial charge in [-0.3, -0.25) is 0 Å². The van der Waals surface area contributed by atoms with E-state index in [0.717, 1.165) is 31.8 Å². The molecule has 1 saturated heterocycles. The van der Waals surface area contributed by atoms with Gasteiger partial charge in [0.05, 0.1) is 20.3 Å². The van der Waals surface area contributed by atoms with Gasteiger partial charge in [0, 0.05) is 19.1 Å². The minimum absolute atomic E-state index is 0.358. The van der Waals surface area contributed by atoms with Gasteiger partial charge in [-0.15, -0.1) is 0 Å². The number of hydrogen-bond acceptors (Lipinski definition) is 6. The average Bonchev–Trinajstić information content (AvgIpc) is 2.89. The average molecular weight is 278 g/mol. The molecule has 1 saturated carbocycles. The van der Waals surface area contributed by atoms with Crippen LogP contribution in [0.25, 0.3) is 0 Å². The van der Waals surface area contributed by atoms with Gasteiger partial charge in [0.15, 0.2) is 0 Å². The lowest BCUT2D eigenvalue weighted by Crippen LogP contribution is -2.32. The van der Waals surface area contributed by atoms with Gasteiger partial charge >= 0.3 is 0 Å². The van der Waals surface area contributed by atoms with Gasteiger partial charge in [0.1, 0.15) is 0 Å². The Morgan fingerprint density at radius 1 is 1.10 bits per heavy atom. The maximum atomic E-state index is 6.08. The molecule has 2 aliphatic rings. The topological polar surface area (TPSA) is 73.5 Å². The van der Waals surface area contributed by atoms with E-state index in [2.05, 4.69) is 14.9 Å². The summed E-state index contributed by atoms with van der Waals surface area (Å²) in [5.74, 6) is 3.16. The van der Waals surface area contributed by atoms with Crippen molar-refractivity contribution in [3.05, 3.63) is 6.07 Å². The molecule has 0 amide bonds. The van der Waals surface area contributed by atoms with Gasteiger partial charge in [-0.2, -0.15) is 9.97 Å². The van der Waals surface area contributed by atoms with Crippen LogP contribution < -0.4 is 20.1 Å². The van der Waals surface area contributed by atoms with Crippen molar-refractivity contribution in [1.82, 2.24) is 9.97 Å². The number of ether oxygens (including phenoxy) is 2. The highest BCUT2D eigenvalue weighted by atomic mass is 16.5. The normalized spacial score (nSPS) is 29.1. The van der Waals surface area contributed by atoms with Gasteiger partial charge in [0.25, 0.3) is 0 Å². The maximum absolute atomic E-state index is 6.08. The standard InChI is InChI=1S/C14H22N4O2/c1-19-12-6-13(20-2)17-14(16-12)18-7-9-3-4-11(15)5-10(9)8-18/h6,9-11H,3-5,7-8,15H2,1-2H3/t9-,10+,11?/m1/s1. The first-order chi connectivity index (χ1) is 9.69. The van der Waals surface area contributed by atoms with Crippen LogP contribution in [0.2, 0.25) is 0 Å². The second-order valence-corrected chi connectivity index (χ2v) is 5.75. The van der Waals surface area contributed by atoms with Crippen molar-refractivity contribution in [2.24, 2.45) is 17.6 Å². The lowest BCUT2D eigenvalue weighted by atomic mass is 9.79. The third-order valence-electron chi connectivity index (χ3n) is 4.46. The van der Waals surface area contributed by atoms with E-state index >= 15 is 0 Å². The Hall–Kier alpha value is -1.56. The Labute approximate surface area is 119 Å². The summed E-state index contributed by atoms with van der Waals surface area (Å²) in [5, 5.41) is 0. The van der Waals surface area contributed by atoms with Crippen LogP contribution in [-0.4, -0.2) is 43.3 Å². The van der Waals surface area contributed by atoms with Crippen molar-refractivity contribution in [3.8, 4) is 11.8 Å². The monoisotopic (exact) mass is 278 g/mol. The lowest BCUT2D eigenvalue weighted by molar-refractivity contribution is 0.271. The summed E-state index contributed by atoms with van der Waals surface area (Å²) in [6.45, 7) is 1.99. The summed E-state index contributed by atoms with van der Waals surface area (Å²) >= 11 is 0. The number of anilines is 1. The Kier molecular flexibility index (Phi) is 3.65. The van der Waals surface area contributed by atoms with E-state index < -0.39 is 0 Å². The van der Waals surface area contributed by atoms with E-state index in [1.165, 1.54) is 6.42 Å². The fourth-order valence-electron chi connectivity index (χ4n) is 3.37. The van der Waals surface area contributed by atoms with Gasteiger partial charge in [-0.1, -0.05) is 0 Å². The minimum Gasteiger partial charge on any atom is -0.481 e. The Morgan fingerprint density at radius 2 is 1.75 bits per heavy atom. The van der Waals surface area contributed by atoms with Crippen LogP contribution >= 0.6 is 0 Å². The third kappa shape index (κ3) is 2.52. The molecule has 1 aromatic heterocycles. The van der Waals surface area contributed by atoms with Crippen molar-refractivity contribution in [2.75, 3.05) is 32.2 Å². The van der Waals surface area contributed by atoms with Crippen molar-refractivity contribution >= 4 is 5.95 Å². The largest absolute Gasteiger partial charge is 0.481 e. The molecule has 0 spiro atoms. The first kappa shape index (κ1) is 13.4. The van der Waals surface area contributed by atoms with Crippen molar-refractivity contribution < 1.29 is 9.47 Å². The molecule has 2 heterocycles. The first-order valence-corrected chi connectivity index (χ1v) is 7.17. The SMILES string of the molecule is COc1cc(OC)nc(N2C[C@H]3CCC(N)C[C@H]3C2)n1. The molecule has 1 unspecified atom stereocenters. The van der Waals surface area contributed by atoms with Crippen molar-refractivity contribution in [3.63, 3.8) is 0 Å². The molecule has 6 nitrogen and oxygen atoms in total. The second kappa shape index (κ2) is 5.44. The fraction of sp³-hybridized carbons (Fsp3) is 0.714. The third-order valence-corrected chi connectivity index (χ3v) is 4.46. The number of hydrogen-bond donors (Lipinski definition) is 1. The lowest BCUT2D eigenvalue weighted by Gasteiger charge is -2.27. The van der Waals surface area contributed by atoms with Crippen molar-refractivity contribution in [1.29, 1.82) is 0 Å². The minimum atomic E-state index is 0.358. The summed E-state index contributed by atoms with van der Waals surface area (Å²) in [6.07, 6.45) is 3.46. The summed E-state index contributed by atoms with van der Waals surface area (Å²) < 4.78 is 10.4. The zero-order chi connectivity index (χ0) is 14.1. The van der Waals surface area contributed by atoms with E-state index in [-0.39, 0.29) is 0 Å². The molecule has 0 radical (unpaired) electrons. The zero-order valence-corrected chi connectivity index (χ0v) is 12.1. The summed E-state index contributed by atoms with van der Waals surface area (Å²) in [7, 11) is 3.21. The predicted octanol–water partition coefficient (Wildman–Crippen LogP) is 1.06. The van der Waals surface area contributed by atoms with E-state index in [0.29, 0.717) is 29.7 Å². The summed E-state index contributed by atoms with van der Waals surface area (Å²) in [5.41, 5.74) is 6.08. The predicted molar refractivity (Wildman–Crippen MR) is 76.2 cm³/mol. The van der Waals surface area contributed by atoms with Crippen LogP contribution in [-0.2, 0) is 0 Å². The molecule has 0 aromatic carbocycles. The van der Waals surface area contributed by atoms with Crippen LogP contribution in [0.1, 0.15) is 19.3 Å². The van der Waals surface area contributed by atoms with Gasteiger partial charge in [-0.25, -0.2) is 0 Å². The van der Waals surface area contributed by atoms with E-state index in [4.69, 9.17) is 15.2 Å². The maximum Gasteiger partial charge on any atom is 0.231 e.